The molecule has 3 rings (SSSR count). The molecule has 0 spiro atoms. The number of rotatable bonds is 5. The van der Waals surface area contributed by atoms with Gasteiger partial charge >= 0.3 is 0 Å². The van der Waals surface area contributed by atoms with Gasteiger partial charge in [0.15, 0.2) is 5.69 Å². The molecule has 2 aromatic carbocycles. The number of hydrogen-bond acceptors (Lipinski definition) is 4. The van der Waals surface area contributed by atoms with Crippen LogP contribution in [0.5, 0.6) is 0 Å². The second-order valence-corrected chi connectivity index (χ2v) is 9.30. The minimum Gasteiger partial charge on any atom is -0.310 e. The maximum atomic E-state index is 13.1. The molecular weight excluding hydrogens is 445 g/mol. The van der Waals surface area contributed by atoms with E-state index in [1.54, 1.807) is 20.0 Å². The fraction of sp³-hybridized carbons (Fsp3) is 0.143. The van der Waals surface area contributed by atoms with Gasteiger partial charge in [-0.25, -0.2) is 13.4 Å². The predicted molar refractivity (Wildman–Crippen MR) is 120 cm³/mol. The molecule has 0 bridgehead atoms. The molecule has 156 valence electrons. The van der Waals surface area contributed by atoms with Gasteiger partial charge < -0.3 is 4.90 Å². The van der Waals surface area contributed by atoms with E-state index < -0.39 is 15.9 Å². The van der Waals surface area contributed by atoms with Crippen LogP contribution in [0.3, 0.4) is 0 Å². The fourth-order valence-electron chi connectivity index (χ4n) is 2.79. The highest BCUT2D eigenvalue weighted by atomic mass is 35.5. The van der Waals surface area contributed by atoms with Crippen molar-refractivity contribution in [3.8, 4) is 0 Å². The van der Waals surface area contributed by atoms with Crippen molar-refractivity contribution >= 4 is 50.5 Å². The molecule has 0 radical (unpaired) electrons. The Morgan fingerprint density at radius 2 is 1.80 bits per heavy atom. The summed E-state index contributed by atoms with van der Waals surface area (Å²) in [6, 6.07) is 13.0. The van der Waals surface area contributed by atoms with Crippen molar-refractivity contribution in [1.82, 2.24) is 4.98 Å². The first-order chi connectivity index (χ1) is 14.1. The van der Waals surface area contributed by atoms with Crippen LogP contribution in [0.15, 0.2) is 59.6 Å². The summed E-state index contributed by atoms with van der Waals surface area (Å²) in [6.45, 7) is 3.62. The van der Waals surface area contributed by atoms with Crippen molar-refractivity contribution in [2.24, 2.45) is 0 Å². The number of halogens is 2. The Kier molecular flexibility index (Phi) is 6.36. The lowest BCUT2D eigenvalue weighted by Gasteiger charge is -2.19. The fourth-order valence-corrected chi connectivity index (χ4v) is 4.21. The summed E-state index contributed by atoms with van der Waals surface area (Å²) < 4.78 is 28.2. The van der Waals surface area contributed by atoms with Crippen LogP contribution in [-0.4, -0.2) is 26.4 Å². The number of sulfonamides is 1. The van der Waals surface area contributed by atoms with E-state index in [4.69, 9.17) is 23.2 Å². The second kappa shape index (κ2) is 8.63. The van der Waals surface area contributed by atoms with Crippen molar-refractivity contribution in [3.63, 3.8) is 0 Å². The Labute approximate surface area is 185 Å². The van der Waals surface area contributed by atoms with E-state index in [1.165, 1.54) is 35.4 Å². The van der Waals surface area contributed by atoms with Crippen LogP contribution in [-0.2, 0) is 10.0 Å². The summed E-state index contributed by atoms with van der Waals surface area (Å²) in [5, 5.41) is 0.642. The third-order valence-corrected chi connectivity index (χ3v) is 6.43. The predicted octanol–water partition coefficient (Wildman–Crippen LogP) is 5.08. The number of nitrogens with zero attached hydrogens (tertiary/aromatic N) is 2. The molecular formula is C21H19Cl2N3O3S. The number of carbonyl (C=O) groups is 1. The lowest BCUT2D eigenvalue weighted by Crippen LogP contribution is -2.28. The first-order valence-electron chi connectivity index (χ1n) is 8.88. The van der Waals surface area contributed by atoms with Crippen LogP contribution < -0.4 is 9.62 Å². The average Bonchev–Trinajstić information content (AvgIpc) is 2.68. The molecule has 1 N–H and O–H groups in total. The van der Waals surface area contributed by atoms with Gasteiger partial charge in [0.25, 0.3) is 15.9 Å². The van der Waals surface area contributed by atoms with Gasteiger partial charge in [0.2, 0.25) is 0 Å². The quantitative estimate of drug-likeness (QED) is 0.571. The zero-order valence-corrected chi connectivity index (χ0v) is 18.8. The molecule has 30 heavy (non-hydrogen) atoms. The Balaban J connectivity index is 1.99. The van der Waals surface area contributed by atoms with E-state index in [1.807, 2.05) is 25.1 Å². The summed E-state index contributed by atoms with van der Waals surface area (Å²) >= 11 is 12.0. The van der Waals surface area contributed by atoms with Gasteiger partial charge in [0, 0.05) is 24.0 Å². The molecule has 1 aromatic heterocycles. The van der Waals surface area contributed by atoms with Crippen LogP contribution in [0.25, 0.3) is 0 Å². The molecule has 0 aliphatic carbocycles. The van der Waals surface area contributed by atoms with Gasteiger partial charge in [-0.3, -0.25) is 9.52 Å². The highest BCUT2D eigenvalue weighted by Crippen LogP contribution is 2.26. The number of benzene rings is 2. The van der Waals surface area contributed by atoms with Crippen LogP contribution in [0, 0.1) is 13.8 Å². The minimum absolute atomic E-state index is 0.00909. The highest BCUT2D eigenvalue weighted by molar-refractivity contribution is 7.92. The lowest BCUT2D eigenvalue weighted by molar-refractivity contribution is 0.0989. The summed E-state index contributed by atoms with van der Waals surface area (Å²) in [5.41, 5.74) is 2.16. The molecule has 0 unspecified atom stereocenters. The Morgan fingerprint density at radius 3 is 2.47 bits per heavy atom. The third-order valence-electron chi connectivity index (χ3n) is 4.43. The number of hydrogen-bond donors (Lipinski definition) is 1. The summed E-state index contributed by atoms with van der Waals surface area (Å²) in [4.78, 5) is 18.6. The number of anilines is 2. The smallest absolute Gasteiger partial charge is 0.278 e. The monoisotopic (exact) mass is 463 g/mol. The first-order valence-corrected chi connectivity index (χ1v) is 11.1. The van der Waals surface area contributed by atoms with Gasteiger partial charge in [0.1, 0.15) is 0 Å². The summed E-state index contributed by atoms with van der Waals surface area (Å²) in [7, 11) is -2.41. The molecule has 1 amide bonds. The molecule has 0 saturated carbocycles. The normalized spacial score (nSPS) is 11.2. The molecule has 0 saturated heterocycles. The Hall–Kier alpha value is -2.61. The molecule has 3 aromatic rings. The van der Waals surface area contributed by atoms with Crippen molar-refractivity contribution < 1.29 is 13.2 Å². The largest absolute Gasteiger partial charge is 0.310 e. The maximum absolute atomic E-state index is 13.1. The molecule has 1 heterocycles. The SMILES string of the molecule is Cc1cccc(N(C)C(=O)c2ncc(Cl)cc2NS(=O)(=O)c2ccc(Cl)c(C)c2)c1. The molecule has 0 aliphatic heterocycles. The topological polar surface area (TPSA) is 79.4 Å². The van der Waals surface area contributed by atoms with Crippen LogP contribution >= 0.6 is 23.2 Å². The van der Waals surface area contributed by atoms with Crippen molar-refractivity contribution in [2.45, 2.75) is 18.7 Å². The van der Waals surface area contributed by atoms with E-state index in [9.17, 15) is 13.2 Å². The van der Waals surface area contributed by atoms with E-state index in [2.05, 4.69) is 9.71 Å². The van der Waals surface area contributed by atoms with E-state index in [0.29, 0.717) is 16.3 Å². The molecule has 9 heteroatoms. The zero-order chi connectivity index (χ0) is 22.1. The molecule has 6 nitrogen and oxygen atoms in total. The standard InChI is InChI=1S/C21H19Cl2N3O3S/c1-13-5-4-6-16(9-13)26(3)21(27)20-19(11-15(22)12-24-20)25-30(28,29)17-7-8-18(23)14(2)10-17/h4-12,25H,1-3H3. The maximum Gasteiger partial charge on any atom is 0.278 e. The molecule has 0 atom stereocenters. The Bertz CT molecular complexity index is 1230. The average molecular weight is 464 g/mol. The van der Waals surface area contributed by atoms with Gasteiger partial charge in [-0.15, -0.1) is 0 Å². The number of aryl methyl sites for hydroxylation is 2. The van der Waals surface area contributed by atoms with E-state index >= 15 is 0 Å². The van der Waals surface area contributed by atoms with Crippen molar-refractivity contribution in [3.05, 3.63) is 81.6 Å². The minimum atomic E-state index is -4.00. The van der Waals surface area contributed by atoms with Gasteiger partial charge in [0.05, 0.1) is 15.6 Å². The van der Waals surface area contributed by atoms with Gasteiger partial charge in [-0.1, -0.05) is 35.3 Å². The number of pyridine rings is 1. The Morgan fingerprint density at radius 1 is 1.07 bits per heavy atom. The highest BCUT2D eigenvalue weighted by Gasteiger charge is 2.23. The lowest BCUT2D eigenvalue weighted by atomic mass is 10.2. The van der Waals surface area contributed by atoms with Gasteiger partial charge in [-0.2, -0.15) is 0 Å². The number of amides is 1. The van der Waals surface area contributed by atoms with Crippen LogP contribution in [0.4, 0.5) is 11.4 Å². The van der Waals surface area contributed by atoms with E-state index in [0.717, 1.165) is 5.56 Å². The van der Waals surface area contributed by atoms with E-state index in [-0.39, 0.29) is 21.3 Å². The second-order valence-electron chi connectivity index (χ2n) is 6.77. The summed E-state index contributed by atoms with van der Waals surface area (Å²) in [6.07, 6.45) is 1.29. The summed E-state index contributed by atoms with van der Waals surface area (Å²) in [5.74, 6) is -0.484. The zero-order valence-electron chi connectivity index (χ0n) is 16.5. The molecule has 0 fully saturated rings. The van der Waals surface area contributed by atoms with Crippen molar-refractivity contribution in [2.75, 3.05) is 16.7 Å². The van der Waals surface area contributed by atoms with Crippen LogP contribution in [0.1, 0.15) is 21.6 Å². The number of carbonyl (C=O) groups excluding carboxylic acids is 1. The van der Waals surface area contributed by atoms with Gasteiger partial charge in [-0.05, 0) is 61.4 Å². The number of aromatic nitrogens is 1. The number of nitrogens with one attached hydrogen (secondary N) is 1. The van der Waals surface area contributed by atoms with Crippen LogP contribution in [0.2, 0.25) is 10.0 Å². The third kappa shape index (κ3) is 4.75. The van der Waals surface area contributed by atoms with Crippen molar-refractivity contribution in [1.29, 1.82) is 0 Å². The molecule has 0 aliphatic rings. The first kappa shape index (κ1) is 22.1.